The van der Waals surface area contributed by atoms with Gasteiger partial charge in [0, 0.05) is 22.9 Å². The predicted octanol–water partition coefficient (Wildman–Crippen LogP) is 2.00. The van der Waals surface area contributed by atoms with Crippen molar-refractivity contribution in [2.45, 2.75) is 31.2 Å². The van der Waals surface area contributed by atoms with Gasteiger partial charge in [0.25, 0.3) is 5.91 Å². The third kappa shape index (κ3) is 2.75. The lowest BCUT2D eigenvalue weighted by molar-refractivity contribution is -0.130. The molecule has 1 heterocycles. The van der Waals surface area contributed by atoms with E-state index in [4.69, 9.17) is 5.73 Å². The Hall–Kier alpha value is -1.69. The third-order valence-electron chi connectivity index (χ3n) is 3.34. The van der Waals surface area contributed by atoms with E-state index in [1.54, 1.807) is 25.6 Å². The van der Waals surface area contributed by atoms with Crippen LogP contribution in [0.15, 0.2) is 23.1 Å². The number of anilines is 1. The second-order valence-corrected chi connectivity index (χ2v) is 6.47. The van der Waals surface area contributed by atoms with Crippen LogP contribution in [0, 0.1) is 6.92 Å². The minimum Gasteiger partial charge on any atom is -0.398 e. The summed E-state index contributed by atoms with van der Waals surface area (Å²) >= 11 is 1.60. The zero-order valence-electron chi connectivity index (χ0n) is 11.9. The van der Waals surface area contributed by atoms with Crippen molar-refractivity contribution in [2.24, 2.45) is 0 Å². The highest BCUT2D eigenvalue weighted by atomic mass is 32.2. The van der Waals surface area contributed by atoms with E-state index in [-0.39, 0.29) is 11.9 Å². The van der Waals surface area contributed by atoms with Gasteiger partial charge in [-0.3, -0.25) is 9.69 Å². The highest BCUT2D eigenvalue weighted by Gasteiger charge is 2.43. The van der Waals surface area contributed by atoms with Crippen molar-refractivity contribution in [2.75, 3.05) is 18.0 Å². The second kappa shape index (κ2) is 5.36. The van der Waals surface area contributed by atoms with Crippen molar-refractivity contribution in [3.8, 4) is 0 Å². The summed E-state index contributed by atoms with van der Waals surface area (Å²) in [4.78, 5) is 26.1. The van der Waals surface area contributed by atoms with Gasteiger partial charge in [-0.1, -0.05) is 6.07 Å². The maximum Gasteiger partial charge on any atom is 0.325 e. The zero-order chi connectivity index (χ0) is 14.9. The molecule has 20 heavy (non-hydrogen) atoms. The number of nitrogens with zero attached hydrogens (tertiary/aromatic N) is 1. The molecule has 3 amide bonds. The summed E-state index contributed by atoms with van der Waals surface area (Å²) in [6, 6.07) is 5.44. The molecule has 1 saturated heterocycles. The molecule has 0 saturated carbocycles. The molecule has 5 nitrogen and oxygen atoms in total. The van der Waals surface area contributed by atoms with Gasteiger partial charge in [-0.05, 0) is 38.5 Å². The molecular formula is C14H19N3O2S. The van der Waals surface area contributed by atoms with Gasteiger partial charge >= 0.3 is 6.03 Å². The number of carbonyl (C=O) groups is 2. The van der Waals surface area contributed by atoms with Crippen LogP contribution in [-0.4, -0.2) is 34.7 Å². The first-order valence-electron chi connectivity index (χ1n) is 6.45. The second-order valence-electron chi connectivity index (χ2n) is 5.33. The molecule has 2 rings (SSSR count). The first kappa shape index (κ1) is 14.7. The van der Waals surface area contributed by atoms with E-state index < -0.39 is 5.54 Å². The van der Waals surface area contributed by atoms with Crippen LogP contribution in [-0.2, 0) is 4.79 Å². The molecule has 6 heteroatoms. The van der Waals surface area contributed by atoms with Crippen molar-refractivity contribution >= 4 is 29.4 Å². The zero-order valence-corrected chi connectivity index (χ0v) is 12.7. The van der Waals surface area contributed by atoms with E-state index in [1.807, 2.05) is 25.1 Å². The molecule has 3 N–H and O–H groups in total. The molecule has 0 atom stereocenters. The highest BCUT2D eigenvalue weighted by Crippen LogP contribution is 2.26. The summed E-state index contributed by atoms with van der Waals surface area (Å²) in [5.74, 6) is 0.479. The maximum atomic E-state index is 12.0. The molecule has 0 aliphatic carbocycles. The first-order valence-corrected chi connectivity index (χ1v) is 7.43. The van der Waals surface area contributed by atoms with Crippen LogP contribution < -0.4 is 11.1 Å². The molecule has 1 aliphatic heterocycles. The number of rotatable bonds is 4. The smallest absolute Gasteiger partial charge is 0.325 e. The van der Waals surface area contributed by atoms with Crippen molar-refractivity contribution in [3.05, 3.63) is 23.8 Å². The Morgan fingerprint density at radius 2 is 2.05 bits per heavy atom. The number of nitrogens with one attached hydrogen (secondary N) is 1. The van der Waals surface area contributed by atoms with Gasteiger partial charge in [-0.15, -0.1) is 11.8 Å². The van der Waals surface area contributed by atoms with Crippen LogP contribution >= 0.6 is 11.8 Å². The molecule has 0 radical (unpaired) electrons. The van der Waals surface area contributed by atoms with Gasteiger partial charge in [0.05, 0.1) is 0 Å². The minimum atomic E-state index is -0.797. The number of nitrogens with two attached hydrogens (primary N) is 1. The molecule has 0 aromatic heterocycles. The predicted molar refractivity (Wildman–Crippen MR) is 80.6 cm³/mol. The maximum absolute atomic E-state index is 12.0. The normalized spacial score (nSPS) is 17.4. The van der Waals surface area contributed by atoms with E-state index >= 15 is 0 Å². The largest absolute Gasteiger partial charge is 0.398 e. The van der Waals surface area contributed by atoms with Crippen LogP contribution in [0.5, 0.6) is 0 Å². The molecule has 1 fully saturated rings. The van der Waals surface area contributed by atoms with E-state index in [1.165, 1.54) is 4.90 Å². The van der Waals surface area contributed by atoms with E-state index in [0.29, 0.717) is 12.3 Å². The molecule has 1 aromatic carbocycles. The number of carbonyl (C=O) groups excluding carboxylic acids is 2. The molecule has 108 valence electrons. The van der Waals surface area contributed by atoms with Crippen molar-refractivity contribution in [1.29, 1.82) is 0 Å². The Bertz CT molecular complexity index is 557. The SMILES string of the molecule is Cc1c(N)cccc1SCCN1C(=O)NC(C)(C)C1=O. The number of nitrogen functional groups attached to an aromatic ring is 1. The molecule has 1 aromatic rings. The van der Waals surface area contributed by atoms with Gasteiger partial charge < -0.3 is 11.1 Å². The summed E-state index contributed by atoms with van der Waals surface area (Å²) in [5, 5.41) is 2.67. The summed E-state index contributed by atoms with van der Waals surface area (Å²) in [6.07, 6.45) is 0. The number of amides is 3. The van der Waals surface area contributed by atoms with Gasteiger partial charge in [-0.25, -0.2) is 4.79 Å². The van der Waals surface area contributed by atoms with Gasteiger partial charge in [-0.2, -0.15) is 0 Å². The number of hydrogen-bond donors (Lipinski definition) is 2. The topological polar surface area (TPSA) is 75.4 Å². The van der Waals surface area contributed by atoms with Crippen LogP contribution in [0.25, 0.3) is 0 Å². The lowest BCUT2D eigenvalue weighted by atomic mass is 10.1. The van der Waals surface area contributed by atoms with E-state index in [2.05, 4.69) is 5.32 Å². The van der Waals surface area contributed by atoms with Crippen molar-refractivity contribution in [3.63, 3.8) is 0 Å². The average Bonchev–Trinajstić information content (AvgIpc) is 2.56. The van der Waals surface area contributed by atoms with Crippen LogP contribution in [0.2, 0.25) is 0 Å². The van der Waals surface area contributed by atoms with Gasteiger partial charge in [0.2, 0.25) is 0 Å². The highest BCUT2D eigenvalue weighted by molar-refractivity contribution is 7.99. The summed E-state index contributed by atoms with van der Waals surface area (Å²) in [7, 11) is 0. The lowest BCUT2D eigenvalue weighted by Gasteiger charge is -2.16. The number of benzene rings is 1. The van der Waals surface area contributed by atoms with Crippen LogP contribution in [0.3, 0.4) is 0 Å². The van der Waals surface area contributed by atoms with Gasteiger partial charge in [0.15, 0.2) is 0 Å². The number of thioether (sulfide) groups is 1. The minimum absolute atomic E-state index is 0.174. The standard InChI is InChI=1S/C14H19N3O2S/c1-9-10(15)5-4-6-11(9)20-8-7-17-12(18)14(2,3)16-13(17)19/h4-6H,7-8,15H2,1-3H3,(H,16,19). The van der Waals surface area contributed by atoms with Crippen LogP contribution in [0.4, 0.5) is 10.5 Å². The Labute approximate surface area is 122 Å². The third-order valence-corrected chi connectivity index (χ3v) is 4.48. The monoisotopic (exact) mass is 293 g/mol. The number of imide groups is 1. The number of urea groups is 1. The lowest BCUT2D eigenvalue weighted by Crippen LogP contribution is -2.40. The van der Waals surface area contributed by atoms with Gasteiger partial charge in [0.1, 0.15) is 5.54 Å². The van der Waals surface area contributed by atoms with E-state index in [0.717, 1.165) is 16.1 Å². The van der Waals surface area contributed by atoms with E-state index in [9.17, 15) is 9.59 Å². The average molecular weight is 293 g/mol. The Balaban J connectivity index is 1.95. The Kier molecular flexibility index (Phi) is 3.94. The fraction of sp³-hybridized carbons (Fsp3) is 0.429. The fourth-order valence-electron chi connectivity index (χ4n) is 2.06. The quantitative estimate of drug-likeness (QED) is 0.506. The Morgan fingerprint density at radius 1 is 1.35 bits per heavy atom. The summed E-state index contributed by atoms with van der Waals surface area (Å²) in [6.45, 7) is 5.78. The van der Waals surface area contributed by atoms with Crippen molar-refractivity contribution in [1.82, 2.24) is 10.2 Å². The van der Waals surface area contributed by atoms with Crippen LogP contribution in [0.1, 0.15) is 19.4 Å². The molecule has 0 unspecified atom stereocenters. The summed E-state index contributed by atoms with van der Waals surface area (Å²) in [5.41, 5.74) is 6.85. The fourth-order valence-corrected chi connectivity index (χ4v) is 3.06. The molecule has 0 spiro atoms. The molecule has 1 aliphatic rings. The van der Waals surface area contributed by atoms with Crippen molar-refractivity contribution < 1.29 is 9.59 Å². The summed E-state index contributed by atoms with van der Waals surface area (Å²) < 4.78 is 0. The Morgan fingerprint density at radius 3 is 2.65 bits per heavy atom. The molecular weight excluding hydrogens is 274 g/mol. The molecule has 0 bridgehead atoms. The number of hydrogen-bond acceptors (Lipinski definition) is 4. The first-order chi connectivity index (χ1) is 9.33.